The largest absolute Gasteiger partial charge is 0.349 e. The summed E-state index contributed by atoms with van der Waals surface area (Å²) in [6.45, 7) is 3.90. The van der Waals surface area contributed by atoms with Gasteiger partial charge in [0.1, 0.15) is 5.15 Å². The predicted octanol–water partition coefficient (Wildman–Crippen LogP) is 3.87. The molecule has 1 aliphatic rings. The molecule has 3 heterocycles. The Balaban J connectivity index is 1.39. The lowest BCUT2D eigenvalue weighted by molar-refractivity contribution is 0.0916. The van der Waals surface area contributed by atoms with Gasteiger partial charge in [0.05, 0.1) is 29.5 Å². The predicted molar refractivity (Wildman–Crippen MR) is 137 cm³/mol. The van der Waals surface area contributed by atoms with Crippen LogP contribution in [0.4, 0.5) is 0 Å². The number of carbonyl (C=O) groups is 1. The summed E-state index contributed by atoms with van der Waals surface area (Å²) in [6.07, 6.45) is 5.10. The van der Waals surface area contributed by atoms with E-state index < -0.39 is 0 Å². The van der Waals surface area contributed by atoms with E-state index in [0.29, 0.717) is 21.6 Å². The molecule has 2 aromatic heterocycles. The number of benzene rings is 2. The van der Waals surface area contributed by atoms with Crippen LogP contribution in [-0.4, -0.2) is 56.7 Å². The summed E-state index contributed by atoms with van der Waals surface area (Å²) in [7, 11) is 2.10. The highest BCUT2D eigenvalue weighted by Gasteiger charge is 2.20. The Labute approximate surface area is 207 Å². The van der Waals surface area contributed by atoms with Crippen LogP contribution in [0, 0.1) is 0 Å². The first-order chi connectivity index (χ1) is 16.9. The molecule has 2 N–H and O–H groups in total. The third kappa shape index (κ3) is 4.72. The first-order valence-electron chi connectivity index (χ1n) is 11.7. The number of likely N-dealkylation sites (tertiary alicyclic amines) is 1. The lowest BCUT2D eigenvalue weighted by Gasteiger charge is -2.29. The molecule has 1 fully saturated rings. The zero-order chi connectivity index (χ0) is 24.5. The minimum atomic E-state index is -0.293. The molecular formula is C26H27ClN6O2. The molecule has 35 heavy (non-hydrogen) atoms. The number of amides is 1. The summed E-state index contributed by atoms with van der Waals surface area (Å²) in [5, 5.41) is 10.8. The summed E-state index contributed by atoms with van der Waals surface area (Å²) in [5.74, 6) is -0.0805. The van der Waals surface area contributed by atoms with Crippen molar-refractivity contribution in [2.45, 2.75) is 31.8 Å². The fourth-order valence-corrected chi connectivity index (χ4v) is 4.78. The number of hydrogen-bond acceptors (Lipinski definition) is 5. The van der Waals surface area contributed by atoms with E-state index in [0.717, 1.165) is 42.6 Å². The van der Waals surface area contributed by atoms with Crippen molar-refractivity contribution in [3.8, 4) is 11.1 Å². The van der Waals surface area contributed by atoms with Crippen LogP contribution in [0.25, 0.3) is 22.0 Å². The van der Waals surface area contributed by atoms with E-state index in [1.54, 1.807) is 23.2 Å². The van der Waals surface area contributed by atoms with E-state index in [4.69, 9.17) is 11.6 Å². The van der Waals surface area contributed by atoms with Crippen molar-refractivity contribution in [2.24, 2.45) is 0 Å². The van der Waals surface area contributed by atoms with Gasteiger partial charge in [-0.05, 0) is 75.3 Å². The van der Waals surface area contributed by atoms with Crippen molar-refractivity contribution in [1.29, 1.82) is 0 Å². The fraction of sp³-hybridized carbons (Fsp3) is 0.308. The van der Waals surface area contributed by atoms with E-state index in [9.17, 15) is 9.59 Å². The average molecular weight is 491 g/mol. The van der Waals surface area contributed by atoms with Crippen LogP contribution in [-0.2, 0) is 0 Å². The summed E-state index contributed by atoms with van der Waals surface area (Å²) in [4.78, 5) is 33.0. The van der Waals surface area contributed by atoms with E-state index in [1.807, 2.05) is 43.3 Å². The molecule has 2 aromatic carbocycles. The number of piperidine rings is 1. The summed E-state index contributed by atoms with van der Waals surface area (Å²) < 4.78 is 1.60. The van der Waals surface area contributed by atoms with Gasteiger partial charge in [-0.15, -0.1) is 0 Å². The third-order valence-electron chi connectivity index (χ3n) is 6.79. The van der Waals surface area contributed by atoms with Crippen molar-refractivity contribution in [3.63, 3.8) is 0 Å². The van der Waals surface area contributed by atoms with Crippen LogP contribution in [0.5, 0.6) is 0 Å². The molecule has 0 spiro atoms. The van der Waals surface area contributed by atoms with E-state index in [1.165, 1.54) is 0 Å². The van der Waals surface area contributed by atoms with Gasteiger partial charge in [-0.2, -0.15) is 5.10 Å². The number of aromatic amines is 1. The molecule has 9 heteroatoms. The Morgan fingerprint density at radius 3 is 2.74 bits per heavy atom. The topological polar surface area (TPSA) is 95.9 Å². The van der Waals surface area contributed by atoms with Crippen LogP contribution in [0.15, 0.2) is 59.8 Å². The standard InChI is InChI=1S/C26H27ClN6O2/c1-16(17-4-3-5-19(12-17)25(34)30-20-8-10-32(2)11-9-20)33-15-28-23-13-18(6-7-21(23)26(33)35)22-14-29-31-24(22)27/h3-7,12-16,20H,8-11H2,1-2H3,(H,29,31)(H,30,34)/t16-/m1/s1. The van der Waals surface area contributed by atoms with Crippen LogP contribution in [0.1, 0.15) is 41.7 Å². The van der Waals surface area contributed by atoms with Gasteiger partial charge in [0, 0.05) is 17.2 Å². The Bertz CT molecular complexity index is 1440. The molecule has 1 amide bonds. The Morgan fingerprint density at radius 1 is 1.20 bits per heavy atom. The normalized spacial score (nSPS) is 15.9. The number of carbonyl (C=O) groups excluding carboxylic acids is 1. The molecule has 1 atom stereocenters. The molecule has 5 rings (SSSR count). The van der Waals surface area contributed by atoms with Crippen molar-refractivity contribution in [2.75, 3.05) is 20.1 Å². The van der Waals surface area contributed by atoms with E-state index >= 15 is 0 Å². The van der Waals surface area contributed by atoms with Crippen LogP contribution >= 0.6 is 11.6 Å². The average Bonchev–Trinajstić information content (AvgIpc) is 3.31. The van der Waals surface area contributed by atoms with Crippen LogP contribution < -0.4 is 10.9 Å². The number of hydrogen-bond donors (Lipinski definition) is 2. The van der Waals surface area contributed by atoms with Crippen LogP contribution in [0.3, 0.4) is 0 Å². The second-order valence-electron chi connectivity index (χ2n) is 9.14. The van der Waals surface area contributed by atoms with Gasteiger partial charge < -0.3 is 10.2 Å². The van der Waals surface area contributed by atoms with Crippen LogP contribution in [0.2, 0.25) is 5.15 Å². The highest BCUT2D eigenvalue weighted by molar-refractivity contribution is 6.32. The zero-order valence-corrected chi connectivity index (χ0v) is 20.4. The van der Waals surface area contributed by atoms with Gasteiger partial charge in [0.2, 0.25) is 0 Å². The SMILES string of the molecule is C[C@H](c1cccc(C(=O)NC2CCN(C)CC2)c1)n1cnc2cc(-c3cn[nH]c3Cl)ccc2c1=O. The first-order valence-corrected chi connectivity index (χ1v) is 12.1. The molecule has 0 radical (unpaired) electrons. The lowest BCUT2D eigenvalue weighted by Crippen LogP contribution is -2.43. The maximum Gasteiger partial charge on any atom is 0.261 e. The molecule has 0 saturated carbocycles. The zero-order valence-electron chi connectivity index (χ0n) is 19.7. The molecular weight excluding hydrogens is 464 g/mol. The molecule has 0 aliphatic carbocycles. The van der Waals surface area contributed by atoms with E-state index in [2.05, 4.69) is 32.4 Å². The molecule has 0 bridgehead atoms. The van der Waals surface area contributed by atoms with Gasteiger partial charge >= 0.3 is 0 Å². The van der Waals surface area contributed by atoms with Gasteiger partial charge in [-0.25, -0.2) is 4.98 Å². The summed E-state index contributed by atoms with van der Waals surface area (Å²) >= 11 is 6.15. The quantitative estimate of drug-likeness (QED) is 0.442. The minimum absolute atomic E-state index is 0.0805. The highest BCUT2D eigenvalue weighted by atomic mass is 35.5. The number of nitrogens with zero attached hydrogens (tertiary/aromatic N) is 4. The van der Waals surface area contributed by atoms with Gasteiger partial charge in [0.25, 0.3) is 11.5 Å². The number of aromatic nitrogens is 4. The monoisotopic (exact) mass is 490 g/mol. The molecule has 1 aliphatic heterocycles. The third-order valence-corrected chi connectivity index (χ3v) is 7.08. The van der Waals surface area contributed by atoms with Gasteiger partial charge in [-0.3, -0.25) is 19.3 Å². The number of halogens is 1. The van der Waals surface area contributed by atoms with Gasteiger partial charge in [0.15, 0.2) is 0 Å². The number of nitrogens with one attached hydrogen (secondary N) is 2. The molecule has 180 valence electrons. The molecule has 4 aromatic rings. The van der Waals surface area contributed by atoms with Crippen molar-refractivity contribution >= 4 is 28.4 Å². The summed E-state index contributed by atoms with van der Waals surface area (Å²) in [5.41, 5.74) is 3.48. The number of fused-ring (bicyclic) bond motifs is 1. The highest BCUT2D eigenvalue weighted by Crippen LogP contribution is 2.27. The second-order valence-corrected chi connectivity index (χ2v) is 9.52. The molecule has 0 unspecified atom stereocenters. The van der Waals surface area contributed by atoms with Gasteiger partial charge in [-0.1, -0.05) is 29.8 Å². The maximum absolute atomic E-state index is 13.3. The smallest absolute Gasteiger partial charge is 0.261 e. The Kier molecular flexibility index (Phi) is 6.40. The Morgan fingerprint density at radius 2 is 2.00 bits per heavy atom. The van der Waals surface area contributed by atoms with Crippen molar-refractivity contribution in [3.05, 3.63) is 81.6 Å². The van der Waals surface area contributed by atoms with Crippen molar-refractivity contribution < 1.29 is 4.79 Å². The second kappa shape index (κ2) is 9.64. The van der Waals surface area contributed by atoms with E-state index in [-0.39, 0.29) is 23.6 Å². The van der Waals surface area contributed by atoms with Crippen molar-refractivity contribution in [1.82, 2.24) is 30.0 Å². The Hall–Kier alpha value is -3.49. The number of H-pyrrole nitrogens is 1. The fourth-order valence-electron chi connectivity index (χ4n) is 4.57. The molecule has 8 nitrogen and oxygen atoms in total. The minimum Gasteiger partial charge on any atom is -0.349 e. The first kappa shape index (κ1) is 23.3. The molecule has 1 saturated heterocycles. The lowest BCUT2D eigenvalue weighted by atomic mass is 10.0. The number of rotatable bonds is 5. The summed E-state index contributed by atoms with van der Waals surface area (Å²) in [6, 6.07) is 12.8. The maximum atomic E-state index is 13.3.